The molecule has 2 N–H and O–H groups in total. The van der Waals surface area contributed by atoms with Crippen molar-refractivity contribution in [2.24, 2.45) is 45.3 Å². The maximum atomic E-state index is 13.7. The zero-order valence-electron chi connectivity index (χ0n) is 25.0. The molecule has 0 radical (unpaired) electrons. The standard InChI is InChI=1S/C33H48N2O3S/c1-19(2)26-21(36)16-33(35-28(38)22-17-34-18-39-22)15-14-31(6)20(27(26)33)8-9-24-30(5)12-11-25(37)29(3,4)23(30)10-13-32(24,31)7/h17-20,23-25,37H,8-16H2,1-7H3,(H,35,38)/t20?,23?,24?,25-,30-,31+,32+,33+/m0/s1. The van der Waals surface area contributed by atoms with E-state index in [1.54, 1.807) is 11.7 Å². The maximum Gasteiger partial charge on any atom is 0.263 e. The number of aliphatic hydroxyl groups excluding tert-OH is 1. The minimum atomic E-state index is -0.566. The Morgan fingerprint density at radius 3 is 2.41 bits per heavy atom. The van der Waals surface area contributed by atoms with Crippen molar-refractivity contribution in [3.05, 3.63) is 27.7 Å². The highest BCUT2D eigenvalue weighted by molar-refractivity contribution is 7.11. The van der Waals surface area contributed by atoms with Crippen LogP contribution in [0, 0.1) is 45.3 Å². The van der Waals surface area contributed by atoms with Crippen molar-refractivity contribution in [1.29, 1.82) is 0 Å². The number of rotatable bonds is 3. The zero-order valence-corrected chi connectivity index (χ0v) is 25.8. The van der Waals surface area contributed by atoms with E-state index in [1.807, 2.05) is 0 Å². The van der Waals surface area contributed by atoms with E-state index in [0.717, 1.165) is 50.5 Å². The van der Waals surface area contributed by atoms with Crippen LogP contribution in [0.3, 0.4) is 0 Å². The summed E-state index contributed by atoms with van der Waals surface area (Å²) in [6.07, 6.45) is 10.3. The lowest BCUT2D eigenvalue weighted by molar-refractivity contribution is -0.226. The Hall–Kier alpha value is -1.53. The first-order valence-electron chi connectivity index (χ1n) is 15.4. The molecule has 3 unspecified atom stereocenters. The Morgan fingerprint density at radius 1 is 1.00 bits per heavy atom. The molecule has 1 heterocycles. The number of aromatic nitrogens is 1. The molecule has 5 aliphatic rings. The number of carbonyl (C=O) groups is 2. The van der Waals surface area contributed by atoms with Gasteiger partial charge in [-0.05, 0) is 108 Å². The molecule has 8 atom stereocenters. The molecule has 0 saturated heterocycles. The molecule has 5 nitrogen and oxygen atoms in total. The van der Waals surface area contributed by atoms with Crippen LogP contribution in [0.25, 0.3) is 0 Å². The van der Waals surface area contributed by atoms with E-state index < -0.39 is 5.54 Å². The van der Waals surface area contributed by atoms with Gasteiger partial charge in [0.05, 0.1) is 23.4 Å². The van der Waals surface area contributed by atoms with Crippen molar-refractivity contribution in [3.63, 3.8) is 0 Å². The predicted octanol–water partition coefficient (Wildman–Crippen LogP) is 6.97. The van der Waals surface area contributed by atoms with Gasteiger partial charge >= 0.3 is 0 Å². The number of amides is 1. The van der Waals surface area contributed by atoms with Crippen LogP contribution >= 0.6 is 11.3 Å². The molecular formula is C33H48N2O3S. The van der Waals surface area contributed by atoms with Crippen LogP contribution in [0.4, 0.5) is 0 Å². The number of nitrogens with one attached hydrogen (secondary N) is 1. The first kappa shape index (κ1) is 27.6. The second-order valence-electron chi connectivity index (χ2n) is 15.5. The van der Waals surface area contributed by atoms with Crippen molar-refractivity contribution in [1.82, 2.24) is 10.3 Å². The Morgan fingerprint density at radius 2 is 1.74 bits per heavy atom. The van der Waals surface area contributed by atoms with E-state index in [0.29, 0.717) is 29.1 Å². The van der Waals surface area contributed by atoms with Gasteiger partial charge in [-0.2, -0.15) is 0 Å². The van der Waals surface area contributed by atoms with Gasteiger partial charge in [-0.1, -0.05) is 48.5 Å². The van der Waals surface area contributed by atoms with Crippen LogP contribution in [0.15, 0.2) is 22.9 Å². The molecule has 6 rings (SSSR count). The number of hydrogen-bond acceptors (Lipinski definition) is 5. The fourth-order valence-electron chi connectivity index (χ4n) is 11.3. The van der Waals surface area contributed by atoms with Crippen LogP contribution in [-0.4, -0.2) is 33.4 Å². The summed E-state index contributed by atoms with van der Waals surface area (Å²) in [6, 6.07) is 0. The lowest BCUT2D eigenvalue weighted by Crippen LogP contribution is -2.67. The molecule has 6 heteroatoms. The van der Waals surface area contributed by atoms with Gasteiger partial charge < -0.3 is 10.4 Å². The Balaban J connectivity index is 1.42. The maximum absolute atomic E-state index is 13.7. The predicted molar refractivity (Wildman–Crippen MR) is 155 cm³/mol. The molecule has 4 saturated carbocycles. The van der Waals surface area contributed by atoms with Crippen molar-refractivity contribution < 1.29 is 14.7 Å². The summed E-state index contributed by atoms with van der Waals surface area (Å²) < 4.78 is 0. The van der Waals surface area contributed by atoms with E-state index in [4.69, 9.17) is 0 Å². The second kappa shape index (κ2) is 8.74. The third-order valence-corrected chi connectivity index (χ3v) is 14.2. The highest BCUT2D eigenvalue weighted by Gasteiger charge is 2.70. The summed E-state index contributed by atoms with van der Waals surface area (Å²) in [5.74, 6) is 1.74. The molecular weight excluding hydrogens is 504 g/mol. The fraction of sp³-hybridized carbons (Fsp3) is 0.788. The Labute approximate surface area is 238 Å². The molecule has 214 valence electrons. The quantitative estimate of drug-likeness (QED) is 0.425. The molecule has 0 aliphatic heterocycles. The number of hydrogen-bond donors (Lipinski definition) is 2. The highest BCUT2D eigenvalue weighted by Crippen LogP contribution is 2.75. The molecule has 4 fully saturated rings. The van der Waals surface area contributed by atoms with E-state index in [-0.39, 0.29) is 45.4 Å². The zero-order chi connectivity index (χ0) is 28.2. The number of allylic oxidation sites excluding steroid dienone is 1. The van der Waals surface area contributed by atoms with Crippen LogP contribution in [0.2, 0.25) is 0 Å². The van der Waals surface area contributed by atoms with Gasteiger partial charge in [0.1, 0.15) is 4.88 Å². The number of Topliss-reactive ketones (excluding diaryl/α,β-unsaturated/α-hetero) is 1. The van der Waals surface area contributed by atoms with Gasteiger partial charge in [0.15, 0.2) is 5.78 Å². The number of ketones is 1. The molecule has 1 amide bonds. The summed E-state index contributed by atoms with van der Waals surface area (Å²) in [7, 11) is 0. The SMILES string of the molecule is CC(C)C1=C2C3CCC4[C@@]5(C)CC[C@H](O)C(C)(C)C5CC[C@@]4(C)[C@]3(C)CC[C@@]2(NC(=O)c2cncs2)CC1=O. The highest BCUT2D eigenvalue weighted by atomic mass is 32.1. The third-order valence-electron chi connectivity index (χ3n) is 13.4. The van der Waals surface area contributed by atoms with Crippen molar-refractivity contribution in [3.8, 4) is 0 Å². The van der Waals surface area contributed by atoms with E-state index in [9.17, 15) is 14.7 Å². The lowest BCUT2D eigenvalue weighted by atomic mass is 9.33. The number of nitrogens with zero attached hydrogens (tertiary/aromatic N) is 1. The first-order chi connectivity index (χ1) is 18.2. The van der Waals surface area contributed by atoms with Gasteiger partial charge in [0.2, 0.25) is 0 Å². The van der Waals surface area contributed by atoms with E-state index in [2.05, 4.69) is 58.8 Å². The largest absolute Gasteiger partial charge is 0.393 e. The Bertz CT molecular complexity index is 1220. The van der Waals surface area contributed by atoms with Crippen LogP contribution in [0.1, 0.15) is 116 Å². The lowest BCUT2D eigenvalue weighted by Gasteiger charge is -2.72. The smallest absolute Gasteiger partial charge is 0.263 e. The monoisotopic (exact) mass is 552 g/mol. The van der Waals surface area contributed by atoms with Crippen LogP contribution < -0.4 is 5.32 Å². The summed E-state index contributed by atoms with van der Waals surface area (Å²) in [5, 5.41) is 14.4. The minimum absolute atomic E-state index is 0.0556. The van der Waals surface area contributed by atoms with Gasteiger partial charge in [-0.25, -0.2) is 0 Å². The van der Waals surface area contributed by atoms with Gasteiger partial charge in [-0.15, -0.1) is 11.3 Å². The van der Waals surface area contributed by atoms with Gasteiger partial charge in [0.25, 0.3) is 5.91 Å². The first-order valence-corrected chi connectivity index (χ1v) is 16.3. The van der Waals surface area contributed by atoms with Crippen molar-refractivity contribution in [2.45, 2.75) is 118 Å². The average molecular weight is 553 g/mol. The van der Waals surface area contributed by atoms with E-state index in [1.165, 1.54) is 23.3 Å². The van der Waals surface area contributed by atoms with Crippen molar-refractivity contribution in [2.75, 3.05) is 0 Å². The molecule has 5 aliphatic carbocycles. The van der Waals surface area contributed by atoms with Crippen LogP contribution in [-0.2, 0) is 4.79 Å². The molecule has 39 heavy (non-hydrogen) atoms. The fourth-order valence-corrected chi connectivity index (χ4v) is 11.9. The Kier molecular flexibility index (Phi) is 6.19. The number of carbonyl (C=O) groups excluding carboxylic acids is 2. The summed E-state index contributed by atoms with van der Waals surface area (Å²) in [5.41, 5.74) is 3.81. The second-order valence-corrected chi connectivity index (χ2v) is 16.4. The van der Waals surface area contributed by atoms with Crippen LogP contribution in [0.5, 0.6) is 0 Å². The number of aliphatic hydroxyl groups is 1. The molecule has 0 bridgehead atoms. The number of thiazole rings is 1. The van der Waals surface area contributed by atoms with Gasteiger partial charge in [0, 0.05) is 6.42 Å². The van der Waals surface area contributed by atoms with E-state index >= 15 is 0 Å². The molecule has 0 spiro atoms. The summed E-state index contributed by atoms with van der Waals surface area (Å²) in [4.78, 5) is 31.9. The molecule has 1 aromatic heterocycles. The third kappa shape index (κ3) is 3.55. The van der Waals surface area contributed by atoms with Gasteiger partial charge in [-0.3, -0.25) is 14.6 Å². The summed E-state index contributed by atoms with van der Waals surface area (Å²) >= 11 is 1.36. The molecule has 0 aromatic carbocycles. The summed E-state index contributed by atoms with van der Waals surface area (Å²) in [6.45, 7) is 16.6. The molecule has 1 aromatic rings. The number of fused-ring (bicyclic) bond motifs is 7. The topological polar surface area (TPSA) is 79.3 Å². The minimum Gasteiger partial charge on any atom is -0.393 e. The average Bonchev–Trinajstić information content (AvgIpc) is 3.49. The normalized spacial score (nSPS) is 44.9. The van der Waals surface area contributed by atoms with Crippen molar-refractivity contribution >= 4 is 23.0 Å².